The lowest BCUT2D eigenvalue weighted by Crippen LogP contribution is -2.40. The summed E-state index contributed by atoms with van der Waals surface area (Å²) in [6, 6.07) is 9.99. The molecule has 3 heterocycles. The number of hydrogen-bond acceptors (Lipinski definition) is 5. The van der Waals surface area contributed by atoms with E-state index in [0.717, 1.165) is 23.8 Å². The van der Waals surface area contributed by atoms with Crippen LogP contribution in [0, 0.1) is 0 Å². The van der Waals surface area contributed by atoms with Gasteiger partial charge in [0, 0.05) is 38.8 Å². The van der Waals surface area contributed by atoms with Gasteiger partial charge in [0.1, 0.15) is 5.65 Å². The Morgan fingerprint density at radius 2 is 1.72 bits per heavy atom. The van der Waals surface area contributed by atoms with E-state index in [1.54, 1.807) is 48.3 Å². The van der Waals surface area contributed by atoms with Crippen LogP contribution in [-0.4, -0.2) is 37.4 Å². The monoisotopic (exact) mass is 435 g/mol. The Kier molecular flexibility index (Phi) is 5.65. The second-order valence-corrected chi connectivity index (χ2v) is 8.08. The normalized spacial score (nSPS) is 16.2. The molecule has 0 unspecified atom stereocenters. The molecule has 4 rings (SSSR count). The molecule has 2 amide bonds. The van der Waals surface area contributed by atoms with Crippen molar-refractivity contribution in [3.8, 4) is 0 Å². The maximum absolute atomic E-state index is 13.3. The number of carbonyl (C=O) groups excluding carboxylic acids is 2. The lowest BCUT2D eigenvalue weighted by atomic mass is 9.97. The highest BCUT2D eigenvalue weighted by atomic mass is 16.2. The van der Waals surface area contributed by atoms with Crippen molar-refractivity contribution in [2.45, 2.75) is 32.2 Å². The summed E-state index contributed by atoms with van der Waals surface area (Å²) in [6.07, 6.45) is 2.58. The van der Waals surface area contributed by atoms with Gasteiger partial charge in [0.2, 0.25) is 5.91 Å². The molecule has 32 heavy (non-hydrogen) atoms. The van der Waals surface area contributed by atoms with E-state index in [1.165, 1.54) is 18.5 Å². The Balaban J connectivity index is 1.70. The Labute approximate surface area is 184 Å². The number of piperidine rings is 1. The van der Waals surface area contributed by atoms with Crippen LogP contribution in [0.1, 0.15) is 48.3 Å². The first-order valence-electron chi connectivity index (χ1n) is 10.5. The van der Waals surface area contributed by atoms with Crippen molar-refractivity contribution in [2.24, 2.45) is 14.1 Å². The van der Waals surface area contributed by atoms with Crippen LogP contribution in [0.25, 0.3) is 11.0 Å². The van der Waals surface area contributed by atoms with E-state index in [1.807, 2.05) is 0 Å². The molecule has 0 aliphatic carbocycles. The first kappa shape index (κ1) is 21.5. The molecule has 1 N–H and O–H groups in total. The van der Waals surface area contributed by atoms with E-state index in [0.29, 0.717) is 34.5 Å². The molecule has 1 atom stereocenters. The summed E-state index contributed by atoms with van der Waals surface area (Å²) in [5.74, 6) is -0.296. The fourth-order valence-corrected chi connectivity index (χ4v) is 4.20. The molecule has 0 saturated carbocycles. The third-order valence-electron chi connectivity index (χ3n) is 5.88. The molecule has 1 saturated heterocycles. The Bertz CT molecular complexity index is 1320. The minimum Gasteiger partial charge on any atom is -0.330 e. The number of carbonyl (C=O) groups is 2. The van der Waals surface area contributed by atoms with E-state index >= 15 is 0 Å². The molecule has 0 spiro atoms. The molecule has 1 fully saturated rings. The summed E-state index contributed by atoms with van der Waals surface area (Å²) in [5.41, 5.74) is 1.29. The molecular formula is C23H25N5O4. The maximum Gasteiger partial charge on any atom is 0.332 e. The number of anilines is 1. The van der Waals surface area contributed by atoms with Crippen LogP contribution in [0.3, 0.4) is 0 Å². The number of hydrogen-bond donors (Lipinski definition) is 1. The van der Waals surface area contributed by atoms with Crippen molar-refractivity contribution < 1.29 is 9.59 Å². The van der Waals surface area contributed by atoms with Gasteiger partial charge in [-0.3, -0.25) is 23.5 Å². The minimum absolute atomic E-state index is 0.121. The number of nitrogens with zero attached hydrogens (tertiary/aromatic N) is 4. The van der Waals surface area contributed by atoms with E-state index in [-0.39, 0.29) is 17.9 Å². The number of nitrogens with one attached hydrogen (secondary N) is 1. The van der Waals surface area contributed by atoms with Crippen molar-refractivity contribution in [1.29, 1.82) is 0 Å². The van der Waals surface area contributed by atoms with Crippen LogP contribution < -0.4 is 16.6 Å². The van der Waals surface area contributed by atoms with Crippen LogP contribution in [0.5, 0.6) is 0 Å². The van der Waals surface area contributed by atoms with Gasteiger partial charge < -0.3 is 10.2 Å². The van der Waals surface area contributed by atoms with Gasteiger partial charge in [-0.2, -0.15) is 0 Å². The highest BCUT2D eigenvalue weighted by Crippen LogP contribution is 2.32. The molecule has 1 aliphatic rings. The topological polar surface area (TPSA) is 106 Å². The van der Waals surface area contributed by atoms with Gasteiger partial charge >= 0.3 is 5.69 Å². The van der Waals surface area contributed by atoms with Crippen molar-refractivity contribution in [2.75, 3.05) is 11.9 Å². The van der Waals surface area contributed by atoms with Gasteiger partial charge in [-0.15, -0.1) is 0 Å². The van der Waals surface area contributed by atoms with Crippen molar-refractivity contribution in [1.82, 2.24) is 19.0 Å². The molecule has 9 heteroatoms. The quantitative estimate of drug-likeness (QED) is 0.677. The average molecular weight is 435 g/mol. The number of amides is 2. The van der Waals surface area contributed by atoms with Crippen molar-refractivity contribution in [3.05, 3.63) is 68.5 Å². The molecule has 9 nitrogen and oxygen atoms in total. The molecule has 166 valence electrons. The second-order valence-electron chi connectivity index (χ2n) is 8.08. The highest BCUT2D eigenvalue weighted by Gasteiger charge is 2.30. The molecule has 1 aliphatic heterocycles. The maximum atomic E-state index is 13.3. The number of fused-ring (bicyclic) bond motifs is 1. The fourth-order valence-electron chi connectivity index (χ4n) is 4.20. The van der Waals surface area contributed by atoms with Crippen LogP contribution in [0.2, 0.25) is 0 Å². The molecule has 2 aromatic heterocycles. The van der Waals surface area contributed by atoms with Gasteiger partial charge in [0.25, 0.3) is 11.5 Å². The standard InChI is InChI=1S/C23H25N5O4/c1-14(29)24-16-9-7-15(8-10-16)21(30)28-13-5-4-6-19(28)18-12-11-17-20(25-18)26(2)23(32)27(3)22(17)31/h7-12,19H,4-6,13H2,1-3H3,(H,24,29)/t19-/m0/s1. The smallest absolute Gasteiger partial charge is 0.330 e. The van der Waals surface area contributed by atoms with Crippen molar-refractivity contribution >= 4 is 28.5 Å². The van der Waals surface area contributed by atoms with Gasteiger partial charge in [0.15, 0.2) is 0 Å². The lowest BCUT2D eigenvalue weighted by molar-refractivity contribution is -0.114. The van der Waals surface area contributed by atoms with Crippen LogP contribution in [0.15, 0.2) is 46.0 Å². The van der Waals surface area contributed by atoms with Gasteiger partial charge in [-0.05, 0) is 55.7 Å². The summed E-state index contributed by atoms with van der Waals surface area (Å²) in [4.78, 5) is 55.8. The number of rotatable bonds is 3. The van der Waals surface area contributed by atoms with Gasteiger partial charge in [-0.25, -0.2) is 9.78 Å². The summed E-state index contributed by atoms with van der Waals surface area (Å²) >= 11 is 0. The van der Waals surface area contributed by atoms with E-state index in [4.69, 9.17) is 0 Å². The largest absolute Gasteiger partial charge is 0.332 e. The molecular weight excluding hydrogens is 410 g/mol. The SMILES string of the molecule is CC(=O)Nc1ccc(C(=O)N2CCCC[C@H]2c2ccc3c(=O)n(C)c(=O)n(C)c3n2)cc1. The first-order chi connectivity index (χ1) is 15.3. The zero-order valence-electron chi connectivity index (χ0n) is 18.3. The summed E-state index contributed by atoms with van der Waals surface area (Å²) in [6.45, 7) is 2.02. The molecule has 1 aromatic carbocycles. The highest BCUT2D eigenvalue weighted by molar-refractivity contribution is 5.95. The minimum atomic E-state index is -0.442. The van der Waals surface area contributed by atoms with Crippen LogP contribution in [-0.2, 0) is 18.9 Å². The predicted molar refractivity (Wildman–Crippen MR) is 121 cm³/mol. The summed E-state index contributed by atoms with van der Waals surface area (Å²) in [5, 5.41) is 3.05. The zero-order valence-corrected chi connectivity index (χ0v) is 18.3. The molecule has 0 bridgehead atoms. The van der Waals surface area contributed by atoms with Gasteiger partial charge in [-0.1, -0.05) is 0 Å². The van der Waals surface area contributed by atoms with Crippen LogP contribution in [0.4, 0.5) is 5.69 Å². The van der Waals surface area contributed by atoms with Crippen molar-refractivity contribution in [3.63, 3.8) is 0 Å². The number of likely N-dealkylation sites (tertiary alicyclic amines) is 1. The fraction of sp³-hybridized carbons (Fsp3) is 0.348. The van der Waals surface area contributed by atoms with E-state index in [9.17, 15) is 19.2 Å². The van der Waals surface area contributed by atoms with Gasteiger partial charge in [0.05, 0.1) is 17.1 Å². The molecule has 3 aromatic rings. The number of aromatic nitrogens is 3. The second kappa shape index (κ2) is 8.41. The summed E-state index contributed by atoms with van der Waals surface area (Å²) < 4.78 is 2.42. The number of aryl methyl sites for hydroxylation is 1. The Morgan fingerprint density at radius 1 is 1.00 bits per heavy atom. The third kappa shape index (κ3) is 3.81. The molecule has 0 radical (unpaired) electrons. The van der Waals surface area contributed by atoms with E-state index < -0.39 is 11.2 Å². The number of benzene rings is 1. The third-order valence-corrected chi connectivity index (χ3v) is 5.88. The summed E-state index contributed by atoms with van der Waals surface area (Å²) in [7, 11) is 3.03. The number of pyridine rings is 1. The lowest BCUT2D eigenvalue weighted by Gasteiger charge is -2.35. The first-order valence-corrected chi connectivity index (χ1v) is 10.5. The van der Waals surface area contributed by atoms with Crippen LogP contribution >= 0.6 is 0 Å². The Hall–Kier alpha value is -3.75. The zero-order chi connectivity index (χ0) is 23.0. The van der Waals surface area contributed by atoms with E-state index in [2.05, 4.69) is 10.3 Å². The Morgan fingerprint density at radius 3 is 2.41 bits per heavy atom. The predicted octanol–water partition coefficient (Wildman–Crippen LogP) is 1.96. The average Bonchev–Trinajstić information content (AvgIpc) is 2.80.